The van der Waals surface area contributed by atoms with Crippen molar-refractivity contribution in [3.05, 3.63) is 57.8 Å². The molecule has 1 N–H and O–H groups in total. The normalized spacial score (nSPS) is 10.1. The molecule has 2 rings (SSSR count). The summed E-state index contributed by atoms with van der Waals surface area (Å²) in [6.45, 7) is 2.05. The third-order valence-corrected chi connectivity index (χ3v) is 2.83. The Labute approximate surface area is 87.5 Å². The van der Waals surface area contributed by atoms with E-state index in [2.05, 4.69) is 6.92 Å². The second-order valence-electron chi connectivity index (χ2n) is 3.25. The van der Waals surface area contributed by atoms with Crippen LogP contribution in [0.4, 0.5) is 0 Å². The van der Waals surface area contributed by atoms with Crippen LogP contribution in [0.5, 0.6) is 0 Å². The first kappa shape index (κ1) is 9.16. The molecule has 0 radical (unpaired) electrons. The van der Waals surface area contributed by atoms with Gasteiger partial charge in [-0.1, -0.05) is 29.8 Å². The summed E-state index contributed by atoms with van der Waals surface area (Å²) in [5, 5.41) is 12.0. The topological polar surface area (TPSA) is 23.9 Å². The van der Waals surface area contributed by atoms with Crippen molar-refractivity contribution < 1.29 is 0 Å². The standard InChI is InChI=1S/C12H11NS/c1-9-2-4-10(5-3-9)12(13)11-6-7-14-8-11/h2-8,13H,1H3. The van der Waals surface area contributed by atoms with Gasteiger partial charge in [0.25, 0.3) is 0 Å². The number of rotatable bonds is 2. The fourth-order valence-corrected chi connectivity index (χ4v) is 1.94. The number of aryl methyl sites for hydroxylation is 1. The molecule has 1 heterocycles. The first-order chi connectivity index (χ1) is 6.77. The fraction of sp³-hybridized carbons (Fsp3) is 0.0833. The Bertz CT molecular complexity index is 426. The molecule has 0 aliphatic heterocycles. The second-order valence-corrected chi connectivity index (χ2v) is 4.03. The maximum Gasteiger partial charge on any atom is 0.0692 e. The molecule has 1 aromatic heterocycles. The molecular weight excluding hydrogens is 190 g/mol. The van der Waals surface area contributed by atoms with Gasteiger partial charge in [-0.25, -0.2) is 0 Å². The van der Waals surface area contributed by atoms with E-state index in [9.17, 15) is 0 Å². The number of hydrogen-bond acceptors (Lipinski definition) is 2. The van der Waals surface area contributed by atoms with Gasteiger partial charge in [0.05, 0.1) is 5.71 Å². The van der Waals surface area contributed by atoms with Gasteiger partial charge in [0, 0.05) is 16.5 Å². The van der Waals surface area contributed by atoms with Crippen LogP contribution in [0.3, 0.4) is 0 Å². The van der Waals surface area contributed by atoms with Crippen LogP contribution in [0.15, 0.2) is 41.1 Å². The highest BCUT2D eigenvalue weighted by Gasteiger charge is 2.03. The molecule has 14 heavy (non-hydrogen) atoms. The van der Waals surface area contributed by atoms with Crippen molar-refractivity contribution in [3.63, 3.8) is 0 Å². The molecule has 2 aromatic rings. The van der Waals surface area contributed by atoms with Crippen molar-refractivity contribution in [2.24, 2.45) is 0 Å². The van der Waals surface area contributed by atoms with Gasteiger partial charge in [-0.3, -0.25) is 5.41 Å². The molecular formula is C12H11NS. The summed E-state index contributed by atoms with van der Waals surface area (Å²) < 4.78 is 0. The maximum atomic E-state index is 7.96. The van der Waals surface area contributed by atoms with Crippen LogP contribution in [-0.4, -0.2) is 5.71 Å². The number of hydrogen-bond donors (Lipinski definition) is 1. The lowest BCUT2D eigenvalue weighted by Gasteiger charge is -2.01. The first-order valence-electron chi connectivity index (χ1n) is 4.45. The third kappa shape index (κ3) is 1.75. The molecule has 0 fully saturated rings. The van der Waals surface area contributed by atoms with Gasteiger partial charge < -0.3 is 0 Å². The van der Waals surface area contributed by atoms with Crippen molar-refractivity contribution in [3.8, 4) is 0 Å². The van der Waals surface area contributed by atoms with Crippen LogP contribution in [-0.2, 0) is 0 Å². The summed E-state index contributed by atoms with van der Waals surface area (Å²) in [5.41, 5.74) is 3.81. The van der Waals surface area contributed by atoms with Crippen molar-refractivity contribution in [1.82, 2.24) is 0 Å². The Morgan fingerprint density at radius 3 is 2.36 bits per heavy atom. The minimum atomic E-state index is 0.603. The van der Waals surface area contributed by atoms with Crippen molar-refractivity contribution in [2.45, 2.75) is 6.92 Å². The molecule has 0 spiro atoms. The predicted molar refractivity (Wildman–Crippen MR) is 61.4 cm³/mol. The zero-order chi connectivity index (χ0) is 9.97. The van der Waals surface area contributed by atoms with Crippen LogP contribution in [0.25, 0.3) is 0 Å². The zero-order valence-electron chi connectivity index (χ0n) is 7.95. The monoisotopic (exact) mass is 201 g/mol. The molecule has 1 nitrogen and oxygen atoms in total. The largest absolute Gasteiger partial charge is 0.300 e. The summed E-state index contributed by atoms with van der Waals surface area (Å²) in [4.78, 5) is 0. The number of thiophene rings is 1. The average molecular weight is 201 g/mol. The Balaban J connectivity index is 2.33. The molecule has 0 aliphatic carbocycles. The molecule has 0 saturated heterocycles. The molecule has 0 aliphatic rings. The van der Waals surface area contributed by atoms with E-state index >= 15 is 0 Å². The maximum absolute atomic E-state index is 7.96. The van der Waals surface area contributed by atoms with Crippen LogP contribution >= 0.6 is 11.3 Å². The van der Waals surface area contributed by atoms with Crippen molar-refractivity contribution in [2.75, 3.05) is 0 Å². The highest BCUT2D eigenvalue weighted by Crippen LogP contribution is 2.13. The van der Waals surface area contributed by atoms with Gasteiger partial charge in [-0.05, 0) is 18.4 Å². The highest BCUT2D eigenvalue weighted by molar-refractivity contribution is 7.08. The van der Waals surface area contributed by atoms with Gasteiger partial charge >= 0.3 is 0 Å². The van der Waals surface area contributed by atoms with E-state index in [1.54, 1.807) is 11.3 Å². The molecule has 0 atom stereocenters. The molecule has 0 saturated carbocycles. The van der Waals surface area contributed by atoms with E-state index in [1.165, 1.54) is 5.56 Å². The highest BCUT2D eigenvalue weighted by atomic mass is 32.1. The Morgan fingerprint density at radius 2 is 1.79 bits per heavy atom. The van der Waals surface area contributed by atoms with E-state index in [0.717, 1.165) is 11.1 Å². The summed E-state index contributed by atoms with van der Waals surface area (Å²) in [5.74, 6) is 0. The minimum Gasteiger partial charge on any atom is -0.300 e. The van der Waals surface area contributed by atoms with E-state index < -0.39 is 0 Å². The number of nitrogens with one attached hydrogen (secondary N) is 1. The Morgan fingerprint density at radius 1 is 1.07 bits per heavy atom. The number of benzene rings is 1. The van der Waals surface area contributed by atoms with Gasteiger partial charge in [0.1, 0.15) is 0 Å². The lowest BCUT2D eigenvalue weighted by atomic mass is 10.0. The smallest absolute Gasteiger partial charge is 0.0692 e. The lowest BCUT2D eigenvalue weighted by Crippen LogP contribution is -1.98. The van der Waals surface area contributed by atoms with E-state index in [0.29, 0.717) is 5.71 Å². The van der Waals surface area contributed by atoms with Gasteiger partial charge in [0.2, 0.25) is 0 Å². The molecule has 70 valence electrons. The van der Waals surface area contributed by atoms with Crippen molar-refractivity contribution in [1.29, 1.82) is 5.41 Å². The Kier molecular flexibility index (Phi) is 2.46. The van der Waals surface area contributed by atoms with E-state index in [4.69, 9.17) is 5.41 Å². The van der Waals surface area contributed by atoms with Crippen molar-refractivity contribution >= 4 is 17.0 Å². The van der Waals surface area contributed by atoms with Crippen LogP contribution in [0.2, 0.25) is 0 Å². The van der Waals surface area contributed by atoms with Crippen LogP contribution in [0.1, 0.15) is 16.7 Å². The molecule has 2 heteroatoms. The zero-order valence-corrected chi connectivity index (χ0v) is 8.77. The summed E-state index contributed by atoms with van der Waals surface area (Å²) >= 11 is 1.62. The summed E-state index contributed by atoms with van der Waals surface area (Å²) in [7, 11) is 0. The SMILES string of the molecule is Cc1ccc(C(=N)c2ccsc2)cc1. The summed E-state index contributed by atoms with van der Waals surface area (Å²) in [6.07, 6.45) is 0. The molecule has 0 unspecified atom stereocenters. The van der Waals surface area contributed by atoms with Crippen LogP contribution < -0.4 is 0 Å². The first-order valence-corrected chi connectivity index (χ1v) is 5.40. The second kappa shape index (κ2) is 3.76. The van der Waals surface area contributed by atoms with E-state index in [-0.39, 0.29) is 0 Å². The minimum absolute atomic E-state index is 0.603. The Hall–Kier alpha value is -1.41. The lowest BCUT2D eigenvalue weighted by molar-refractivity contribution is 1.43. The van der Waals surface area contributed by atoms with Gasteiger partial charge in [-0.15, -0.1) is 0 Å². The molecule has 1 aromatic carbocycles. The quantitative estimate of drug-likeness (QED) is 0.719. The predicted octanol–water partition coefficient (Wildman–Crippen LogP) is 3.47. The third-order valence-electron chi connectivity index (χ3n) is 2.15. The average Bonchev–Trinajstić information content (AvgIpc) is 2.71. The molecule has 0 amide bonds. The van der Waals surface area contributed by atoms with Gasteiger partial charge in [0.15, 0.2) is 0 Å². The van der Waals surface area contributed by atoms with Crippen LogP contribution in [0, 0.1) is 12.3 Å². The fourth-order valence-electron chi connectivity index (χ4n) is 1.29. The van der Waals surface area contributed by atoms with Gasteiger partial charge in [-0.2, -0.15) is 11.3 Å². The molecule has 0 bridgehead atoms. The summed E-state index contributed by atoms with van der Waals surface area (Å²) in [6, 6.07) is 10.0. The van der Waals surface area contributed by atoms with E-state index in [1.807, 2.05) is 41.1 Å².